The average molecular weight is 414 g/mol. The van der Waals surface area contributed by atoms with Gasteiger partial charge in [0.05, 0.1) is 5.41 Å². The number of aromatic nitrogens is 4. The summed E-state index contributed by atoms with van der Waals surface area (Å²) in [6.45, 7) is 3.56. The predicted octanol–water partition coefficient (Wildman–Crippen LogP) is 2.37. The van der Waals surface area contributed by atoms with Crippen molar-refractivity contribution >= 4 is 11.9 Å². The summed E-state index contributed by atoms with van der Waals surface area (Å²) in [6.07, 6.45) is 4.96. The average Bonchev–Trinajstić information content (AvgIpc) is 3.64. The minimum Gasteiger partial charge on any atom is -0.505 e. The van der Waals surface area contributed by atoms with Crippen molar-refractivity contribution in [3.8, 4) is 5.75 Å². The summed E-state index contributed by atoms with van der Waals surface area (Å²) in [5.41, 5.74) is 0.152. The molecule has 2 aliphatic carbocycles. The number of carbonyl (C=O) groups is 1. The number of nitrogens with zero attached hydrogens (tertiary/aromatic N) is 4. The van der Waals surface area contributed by atoms with Gasteiger partial charge in [-0.05, 0) is 61.1 Å². The number of aromatic hydroxyl groups is 1. The molecule has 1 amide bonds. The standard InChI is InChI=1S/C21H27FN6O2/c1-12-6-9-28(20-24-26-27-25-20)11-14(10-12)23-19(30)21(7-8-21)16-5-4-15(13-2-3-13)17(22)18(16)29/h4-5,12-14,29H,2-3,6-11H2,1H3,(H,23,30)(H,24,25,26,27). The first-order chi connectivity index (χ1) is 14.5. The molecular formula is C21H27FN6O2. The molecule has 1 aromatic carbocycles. The molecule has 2 saturated carbocycles. The van der Waals surface area contributed by atoms with Gasteiger partial charge in [-0.3, -0.25) is 4.79 Å². The molecule has 3 aliphatic rings. The molecule has 2 atom stereocenters. The lowest BCUT2D eigenvalue weighted by Crippen LogP contribution is -2.47. The third-order valence-corrected chi connectivity index (χ3v) is 6.84. The van der Waals surface area contributed by atoms with Crippen LogP contribution in [0.3, 0.4) is 0 Å². The molecule has 1 aromatic heterocycles. The molecule has 160 valence electrons. The number of hydrogen-bond donors (Lipinski definition) is 3. The number of rotatable bonds is 5. The van der Waals surface area contributed by atoms with Crippen LogP contribution in [0.4, 0.5) is 10.3 Å². The molecule has 1 aliphatic heterocycles. The van der Waals surface area contributed by atoms with E-state index in [1.54, 1.807) is 12.1 Å². The number of aromatic amines is 1. The van der Waals surface area contributed by atoms with Gasteiger partial charge in [-0.1, -0.05) is 24.2 Å². The molecule has 3 N–H and O–H groups in total. The van der Waals surface area contributed by atoms with Gasteiger partial charge in [0.2, 0.25) is 5.91 Å². The number of tetrazole rings is 1. The number of anilines is 1. The van der Waals surface area contributed by atoms with Crippen LogP contribution in [0.2, 0.25) is 0 Å². The third-order valence-electron chi connectivity index (χ3n) is 6.84. The lowest BCUT2D eigenvalue weighted by molar-refractivity contribution is -0.124. The van der Waals surface area contributed by atoms with Crippen LogP contribution in [0.1, 0.15) is 62.5 Å². The van der Waals surface area contributed by atoms with Gasteiger partial charge < -0.3 is 15.3 Å². The van der Waals surface area contributed by atoms with E-state index in [1.807, 2.05) is 4.90 Å². The smallest absolute Gasteiger partial charge is 0.265 e. The molecule has 0 bridgehead atoms. The van der Waals surface area contributed by atoms with E-state index in [9.17, 15) is 14.3 Å². The van der Waals surface area contributed by atoms with Crippen LogP contribution in [0.15, 0.2) is 12.1 Å². The fourth-order valence-electron chi connectivity index (χ4n) is 4.73. The number of H-pyrrole nitrogens is 1. The zero-order valence-corrected chi connectivity index (χ0v) is 17.1. The van der Waals surface area contributed by atoms with Crippen LogP contribution in [0, 0.1) is 11.7 Å². The molecular weight excluding hydrogens is 387 g/mol. The Labute approximate surface area is 174 Å². The number of carbonyl (C=O) groups excluding carboxylic acids is 1. The second kappa shape index (κ2) is 7.21. The Morgan fingerprint density at radius 3 is 2.80 bits per heavy atom. The summed E-state index contributed by atoms with van der Waals surface area (Å²) in [4.78, 5) is 15.3. The van der Waals surface area contributed by atoms with Gasteiger partial charge in [0.15, 0.2) is 11.6 Å². The fourth-order valence-corrected chi connectivity index (χ4v) is 4.73. The van der Waals surface area contributed by atoms with Crippen molar-refractivity contribution in [2.75, 3.05) is 18.0 Å². The molecule has 3 fully saturated rings. The molecule has 30 heavy (non-hydrogen) atoms. The first-order valence-electron chi connectivity index (χ1n) is 10.8. The van der Waals surface area contributed by atoms with Gasteiger partial charge >= 0.3 is 0 Å². The number of halogens is 1. The van der Waals surface area contributed by atoms with Crippen molar-refractivity contribution in [3.63, 3.8) is 0 Å². The van der Waals surface area contributed by atoms with E-state index in [1.165, 1.54) is 0 Å². The predicted molar refractivity (Wildman–Crippen MR) is 108 cm³/mol. The highest BCUT2D eigenvalue weighted by molar-refractivity contribution is 5.92. The summed E-state index contributed by atoms with van der Waals surface area (Å²) in [7, 11) is 0. The summed E-state index contributed by atoms with van der Waals surface area (Å²) in [5.74, 6) is 0.127. The van der Waals surface area contributed by atoms with Gasteiger partial charge in [-0.2, -0.15) is 5.21 Å². The number of phenolic OH excluding ortho intramolecular Hbond substituents is 1. The first-order valence-corrected chi connectivity index (χ1v) is 10.8. The summed E-state index contributed by atoms with van der Waals surface area (Å²) >= 11 is 0. The van der Waals surface area contributed by atoms with Crippen LogP contribution in [0.5, 0.6) is 5.75 Å². The maximum absolute atomic E-state index is 14.7. The summed E-state index contributed by atoms with van der Waals surface area (Å²) < 4.78 is 14.7. The largest absolute Gasteiger partial charge is 0.505 e. The number of benzene rings is 1. The highest BCUT2D eigenvalue weighted by atomic mass is 19.1. The van der Waals surface area contributed by atoms with E-state index in [4.69, 9.17) is 0 Å². The van der Waals surface area contributed by atoms with Gasteiger partial charge in [0.25, 0.3) is 5.95 Å². The van der Waals surface area contributed by atoms with E-state index in [-0.39, 0.29) is 23.6 Å². The second-order valence-corrected chi connectivity index (χ2v) is 9.18. The highest BCUT2D eigenvalue weighted by Gasteiger charge is 2.54. The van der Waals surface area contributed by atoms with Crippen molar-refractivity contribution in [3.05, 3.63) is 29.1 Å². The van der Waals surface area contributed by atoms with E-state index in [0.29, 0.717) is 42.4 Å². The SMILES string of the molecule is CC1CCN(c2nn[nH]n2)CC(NC(=O)C2(c3ccc(C4CC4)c(F)c3O)CC2)C1. The van der Waals surface area contributed by atoms with Gasteiger partial charge in [0.1, 0.15) is 0 Å². The Morgan fingerprint density at radius 1 is 1.33 bits per heavy atom. The molecule has 2 aromatic rings. The third kappa shape index (κ3) is 3.40. The van der Waals surface area contributed by atoms with Crippen LogP contribution < -0.4 is 10.2 Å². The van der Waals surface area contributed by atoms with E-state index in [0.717, 1.165) is 32.2 Å². The summed E-state index contributed by atoms with van der Waals surface area (Å²) in [6, 6.07) is 3.42. The molecule has 0 spiro atoms. The molecule has 2 heterocycles. The number of nitrogens with one attached hydrogen (secondary N) is 2. The lowest BCUT2D eigenvalue weighted by Gasteiger charge is -2.26. The second-order valence-electron chi connectivity index (χ2n) is 9.18. The Kier molecular flexibility index (Phi) is 4.63. The normalized spacial score (nSPS) is 25.6. The Bertz CT molecular complexity index is 941. The maximum atomic E-state index is 14.7. The van der Waals surface area contributed by atoms with Crippen LogP contribution in [-0.4, -0.2) is 50.8 Å². The van der Waals surface area contributed by atoms with Crippen LogP contribution >= 0.6 is 0 Å². The minimum absolute atomic E-state index is 0.0799. The zero-order chi connectivity index (χ0) is 20.9. The molecule has 1 saturated heterocycles. The Balaban J connectivity index is 1.34. The molecule has 0 radical (unpaired) electrons. The maximum Gasteiger partial charge on any atom is 0.265 e. The van der Waals surface area contributed by atoms with E-state index < -0.39 is 11.2 Å². The van der Waals surface area contributed by atoms with Crippen molar-refractivity contribution < 1.29 is 14.3 Å². The van der Waals surface area contributed by atoms with Crippen LogP contribution in [-0.2, 0) is 10.2 Å². The van der Waals surface area contributed by atoms with E-state index >= 15 is 0 Å². The van der Waals surface area contributed by atoms with E-state index in [2.05, 4.69) is 32.9 Å². The minimum atomic E-state index is -0.834. The Morgan fingerprint density at radius 2 is 2.13 bits per heavy atom. The molecule has 5 rings (SSSR count). The van der Waals surface area contributed by atoms with Crippen molar-refractivity contribution in [1.82, 2.24) is 25.9 Å². The number of hydrogen-bond acceptors (Lipinski definition) is 6. The summed E-state index contributed by atoms with van der Waals surface area (Å²) in [5, 5.41) is 28.0. The topological polar surface area (TPSA) is 107 Å². The van der Waals surface area contributed by atoms with Gasteiger partial charge in [-0.15, -0.1) is 5.10 Å². The number of amides is 1. The molecule has 9 heteroatoms. The Hall–Kier alpha value is -2.71. The number of phenols is 1. The first kappa shape index (κ1) is 19.3. The van der Waals surface area contributed by atoms with Crippen LogP contribution in [0.25, 0.3) is 0 Å². The highest BCUT2D eigenvalue weighted by Crippen LogP contribution is 2.53. The van der Waals surface area contributed by atoms with Crippen molar-refractivity contribution in [1.29, 1.82) is 0 Å². The fraction of sp³-hybridized carbons (Fsp3) is 0.619. The van der Waals surface area contributed by atoms with Crippen molar-refractivity contribution in [2.24, 2.45) is 5.92 Å². The monoisotopic (exact) mass is 414 g/mol. The quantitative estimate of drug-likeness (QED) is 0.694. The molecule has 8 nitrogen and oxygen atoms in total. The van der Waals surface area contributed by atoms with Gasteiger partial charge in [-0.25, -0.2) is 4.39 Å². The molecule has 2 unspecified atom stereocenters. The van der Waals surface area contributed by atoms with Gasteiger partial charge in [0, 0.05) is 24.7 Å². The lowest BCUT2D eigenvalue weighted by atomic mass is 9.91. The zero-order valence-electron chi connectivity index (χ0n) is 17.1. The van der Waals surface area contributed by atoms with Crippen molar-refractivity contribution in [2.45, 2.75) is 62.8 Å².